The van der Waals surface area contributed by atoms with Crippen molar-refractivity contribution in [2.75, 3.05) is 6.54 Å². The maximum atomic E-state index is 4.77. The number of hydrogen-bond acceptors (Lipinski definition) is 0. The van der Waals surface area contributed by atoms with Crippen LogP contribution < -0.4 is 24.8 Å². The molecule has 3 rings (SSSR count). The predicted molar refractivity (Wildman–Crippen MR) is 92.5 cm³/mol. The molecule has 125 valence electrons. The summed E-state index contributed by atoms with van der Waals surface area (Å²) in [5.74, 6) is 0. The fourth-order valence-electron chi connectivity index (χ4n) is 2.91. The van der Waals surface area contributed by atoms with E-state index >= 15 is 0 Å². The molecule has 0 fully saturated rings. The Morgan fingerprint density at radius 1 is 1.04 bits per heavy atom. The molecule has 1 aliphatic rings. The van der Waals surface area contributed by atoms with Crippen molar-refractivity contribution < 1.29 is 46.5 Å². The zero-order valence-corrected chi connectivity index (χ0v) is 17.0. The summed E-state index contributed by atoms with van der Waals surface area (Å²) in [5, 5.41) is 7.43. The molecule has 0 aromatic heterocycles. The summed E-state index contributed by atoms with van der Waals surface area (Å²) in [4.78, 5) is 0. The van der Waals surface area contributed by atoms with Crippen molar-refractivity contribution in [3.05, 3.63) is 71.1 Å². The maximum absolute atomic E-state index is 4.77. The summed E-state index contributed by atoms with van der Waals surface area (Å²) in [5.41, 5.74) is 4.18. The summed E-state index contributed by atoms with van der Waals surface area (Å²) in [7, 11) is 0. The molecule has 1 aliphatic carbocycles. The van der Waals surface area contributed by atoms with E-state index in [9.17, 15) is 0 Å². The molecular weight excluding hydrogens is 373 g/mol. The monoisotopic (exact) mass is 394 g/mol. The number of allylic oxidation sites excluding steroid dienone is 4. The summed E-state index contributed by atoms with van der Waals surface area (Å²) in [6.45, 7) is 4.01. The molecule has 0 heterocycles. The van der Waals surface area contributed by atoms with Crippen LogP contribution in [0.4, 0.5) is 0 Å². The minimum atomic E-state index is 0. The van der Waals surface area contributed by atoms with Crippen LogP contribution in [0.5, 0.6) is 0 Å². The molecule has 0 atom stereocenters. The van der Waals surface area contributed by atoms with E-state index in [2.05, 4.69) is 61.5 Å². The third-order valence-electron chi connectivity index (χ3n) is 4.10. The van der Waals surface area contributed by atoms with Gasteiger partial charge in [-0.3, -0.25) is 0 Å². The fraction of sp³-hybridized carbons (Fsp3) is 0.300. The Kier molecular flexibility index (Phi) is 11.6. The van der Waals surface area contributed by atoms with Gasteiger partial charge in [-0.05, 0) is 28.3 Å². The van der Waals surface area contributed by atoms with Crippen LogP contribution in [0.3, 0.4) is 0 Å². The van der Waals surface area contributed by atoms with E-state index in [1.54, 1.807) is 0 Å². The summed E-state index contributed by atoms with van der Waals surface area (Å²) in [6.07, 6.45) is 10.1. The molecule has 2 aromatic rings. The number of nitrogens with zero attached hydrogens (tertiary/aromatic N) is 1. The van der Waals surface area contributed by atoms with Gasteiger partial charge in [-0.1, -0.05) is 80.0 Å². The number of unbranched alkanes of at least 4 members (excludes halogenated alkanes) is 1. The molecule has 0 N–H and O–H groups in total. The van der Waals surface area contributed by atoms with Crippen molar-refractivity contribution >= 4 is 16.3 Å². The van der Waals surface area contributed by atoms with E-state index in [-0.39, 0.29) is 46.5 Å². The van der Waals surface area contributed by atoms with Gasteiger partial charge in [-0.2, -0.15) is 0 Å². The van der Waals surface area contributed by atoms with Gasteiger partial charge in [0.1, 0.15) is 0 Å². The first-order valence-corrected chi connectivity index (χ1v) is 7.90. The Morgan fingerprint density at radius 2 is 1.83 bits per heavy atom. The van der Waals surface area contributed by atoms with E-state index in [0.717, 1.165) is 19.5 Å². The summed E-state index contributed by atoms with van der Waals surface area (Å²) < 4.78 is 0. The van der Waals surface area contributed by atoms with Gasteiger partial charge >= 0.3 is 21.7 Å². The first-order chi connectivity index (χ1) is 10.4. The number of halogens is 2. The second-order valence-electron chi connectivity index (χ2n) is 5.60. The Hall–Kier alpha value is -0.566. The summed E-state index contributed by atoms with van der Waals surface area (Å²) >= 11 is 0. The Balaban J connectivity index is 0.00000176. The van der Waals surface area contributed by atoms with Crippen LogP contribution in [0.15, 0.2) is 54.6 Å². The van der Waals surface area contributed by atoms with Crippen molar-refractivity contribution in [3.63, 3.8) is 0 Å². The smallest absolute Gasteiger partial charge is 1.00 e. The second-order valence-corrected chi connectivity index (χ2v) is 5.60. The van der Waals surface area contributed by atoms with E-state index in [1.807, 2.05) is 0 Å². The van der Waals surface area contributed by atoms with Crippen LogP contribution in [0.1, 0.15) is 37.3 Å². The molecular formula is C20H22Cl2NTi. The molecule has 0 saturated carbocycles. The number of benzene rings is 2. The zero-order valence-electron chi connectivity index (χ0n) is 13.9. The summed E-state index contributed by atoms with van der Waals surface area (Å²) in [6, 6.07) is 13.2. The van der Waals surface area contributed by atoms with E-state index in [4.69, 9.17) is 5.32 Å². The molecule has 0 spiro atoms. The van der Waals surface area contributed by atoms with Gasteiger partial charge in [0, 0.05) is 0 Å². The van der Waals surface area contributed by atoms with Crippen molar-refractivity contribution in [2.45, 2.75) is 32.7 Å². The van der Waals surface area contributed by atoms with Crippen LogP contribution >= 0.6 is 0 Å². The van der Waals surface area contributed by atoms with Gasteiger partial charge in [-0.25, -0.2) is 0 Å². The second kappa shape index (κ2) is 11.9. The molecule has 0 unspecified atom stereocenters. The largest absolute Gasteiger partial charge is 3.00 e. The van der Waals surface area contributed by atoms with Crippen LogP contribution in [0.2, 0.25) is 0 Å². The van der Waals surface area contributed by atoms with Gasteiger partial charge < -0.3 is 30.1 Å². The third-order valence-corrected chi connectivity index (χ3v) is 4.10. The fourth-order valence-corrected chi connectivity index (χ4v) is 2.91. The minimum Gasteiger partial charge on any atom is -1.00 e. The predicted octanol–water partition coefficient (Wildman–Crippen LogP) is -0.138. The molecule has 0 bridgehead atoms. The average molecular weight is 395 g/mol. The Morgan fingerprint density at radius 3 is 2.54 bits per heavy atom. The molecule has 24 heavy (non-hydrogen) atoms. The SMILES string of the molecule is CCCC[N-]Cc1c(C2=CC=CC2)ccc2ccccc12.[Cl-].[Cl-].[Ti+3]. The molecule has 0 aliphatic heterocycles. The van der Waals surface area contributed by atoms with Crippen molar-refractivity contribution in [3.8, 4) is 0 Å². The topological polar surface area (TPSA) is 14.1 Å². The molecule has 0 saturated heterocycles. The zero-order chi connectivity index (χ0) is 14.5. The van der Waals surface area contributed by atoms with E-state index in [0.29, 0.717) is 0 Å². The standard InChI is InChI=1S/C20H22N.2ClH.Ti/c1-2-3-14-21-15-20-18-11-7-6-10-17(18)12-13-19(20)16-8-4-5-9-16;;;/h4-8,10-13H,2-3,9,14-15H2,1H3;2*1H;/q-1;;;+3/p-2. The van der Waals surface area contributed by atoms with Crippen molar-refractivity contribution in [1.29, 1.82) is 0 Å². The van der Waals surface area contributed by atoms with Gasteiger partial charge in [0.2, 0.25) is 0 Å². The van der Waals surface area contributed by atoms with Crippen molar-refractivity contribution in [2.24, 2.45) is 0 Å². The third kappa shape index (κ3) is 5.47. The Bertz CT molecular complexity index is 695. The maximum Gasteiger partial charge on any atom is 3.00 e. The van der Waals surface area contributed by atoms with Crippen LogP contribution in [-0.2, 0) is 28.3 Å². The van der Waals surface area contributed by atoms with Crippen LogP contribution in [0.25, 0.3) is 21.7 Å². The molecule has 2 aromatic carbocycles. The van der Waals surface area contributed by atoms with Gasteiger partial charge in [-0.15, -0.1) is 13.1 Å². The normalized spacial score (nSPS) is 12.1. The molecule has 4 heteroatoms. The van der Waals surface area contributed by atoms with Crippen LogP contribution in [-0.4, -0.2) is 6.54 Å². The molecule has 1 nitrogen and oxygen atoms in total. The van der Waals surface area contributed by atoms with Gasteiger partial charge in [0.05, 0.1) is 0 Å². The van der Waals surface area contributed by atoms with Crippen molar-refractivity contribution in [1.82, 2.24) is 0 Å². The molecule has 1 radical (unpaired) electrons. The number of hydrogen-bond donors (Lipinski definition) is 0. The average Bonchev–Trinajstić information content (AvgIpc) is 3.05. The first-order valence-electron chi connectivity index (χ1n) is 7.90. The molecule has 0 amide bonds. The Labute approximate surface area is 172 Å². The first kappa shape index (κ1) is 23.4. The minimum absolute atomic E-state index is 0. The van der Waals surface area contributed by atoms with E-state index in [1.165, 1.54) is 40.3 Å². The quantitative estimate of drug-likeness (QED) is 0.478. The van der Waals surface area contributed by atoms with Crippen LogP contribution in [0, 0.1) is 0 Å². The number of fused-ring (bicyclic) bond motifs is 1. The van der Waals surface area contributed by atoms with E-state index < -0.39 is 0 Å². The van der Waals surface area contributed by atoms with Gasteiger partial charge in [0.25, 0.3) is 0 Å². The number of rotatable bonds is 6. The van der Waals surface area contributed by atoms with Gasteiger partial charge in [0.15, 0.2) is 0 Å².